The lowest BCUT2D eigenvalue weighted by molar-refractivity contribution is 1.15. The molecule has 0 aliphatic heterocycles. The molecule has 0 unspecified atom stereocenters. The van der Waals surface area contributed by atoms with Crippen LogP contribution in [0.25, 0.3) is 0 Å². The molecule has 0 spiro atoms. The number of hydrogen-bond donors (Lipinski definition) is 0. The first kappa shape index (κ1) is 7.28. The van der Waals surface area contributed by atoms with Crippen molar-refractivity contribution in [1.29, 1.82) is 0 Å². The number of nitrogens with zero attached hydrogens (tertiary/aromatic N) is 1. The van der Waals surface area contributed by atoms with Crippen LogP contribution in [-0.2, 0) is 5.88 Å². The SMILES string of the molecule is ClCc1ncccc1I. The quantitative estimate of drug-likeness (QED) is 0.553. The molecule has 1 heterocycles. The Morgan fingerprint density at radius 2 is 2.44 bits per heavy atom. The lowest BCUT2D eigenvalue weighted by Crippen LogP contribution is -1.86. The smallest absolute Gasteiger partial charge is 0.0684 e. The van der Waals surface area contributed by atoms with Gasteiger partial charge in [-0.25, -0.2) is 0 Å². The van der Waals surface area contributed by atoms with E-state index >= 15 is 0 Å². The van der Waals surface area contributed by atoms with Crippen molar-refractivity contribution in [2.24, 2.45) is 0 Å². The van der Waals surface area contributed by atoms with Crippen LogP contribution < -0.4 is 0 Å². The van der Waals surface area contributed by atoms with Crippen molar-refractivity contribution in [3.05, 3.63) is 27.6 Å². The van der Waals surface area contributed by atoms with Gasteiger partial charge in [0.1, 0.15) is 0 Å². The van der Waals surface area contributed by atoms with Gasteiger partial charge in [-0.15, -0.1) is 11.6 Å². The van der Waals surface area contributed by atoms with E-state index in [2.05, 4.69) is 27.6 Å². The summed E-state index contributed by atoms with van der Waals surface area (Å²) in [6.07, 6.45) is 1.75. The molecule has 0 aliphatic rings. The number of rotatable bonds is 1. The molecular weight excluding hydrogens is 248 g/mol. The number of hydrogen-bond acceptors (Lipinski definition) is 1. The molecule has 0 aromatic carbocycles. The fourth-order valence-corrected chi connectivity index (χ4v) is 1.49. The van der Waals surface area contributed by atoms with Gasteiger partial charge in [-0.2, -0.15) is 0 Å². The van der Waals surface area contributed by atoms with Gasteiger partial charge in [0.05, 0.1) is 11.6 Å². The van der Waals surface area contributed by atoms with Crippen LogP contribution >= 0.6 is 34.2 Å². The van der Waals surface area contributed by atoms with Crippen molar-refractivity contribution in [2.75, 3.05) is 0 Å². The Kier molecular flexibility index (Phi) is 2.72. The Hall–Kier alpha value is 0.170. The molecule has 0 saturated heterocycles. The van der Waals surface area contributed by atoms with Gasteiger partial charge in [-0.3, -0.25) is 4.98 Å². The molecule has 0 aliphatic carbocycles. The Morgan fingerprint density at radius 3 is 2.89 bits per heavy atom. The molecule has 0 radical (unpaired) electrons. The highest BCUT2D eigenvalue weighted by atomic mass is 127. The second-order valence-electron chi connectivity index (χ2n) is 1.57. The van der Waals surface area contributed by atoms with E-state index < -0.39 is 0 Å². The molecule has 1 aromatic rings. The number of pyridine rings is 1. The van der Waals surface area contributed by atoms with Gasteiger partial charge in [0, 0.05) is 9.77 Å². The van der Waals surface area contributed by atoms with Crippen LogP contribution in [0.5, 0.6) is 0 Å². The molecule has 0 bridgehead atoms. The van der Waals surface area contributed by atoms with Gasteiger partial charge >= 0.3 is 0 Å². The summed E-state index contributed by atoms with van der Waals surface area (Å²) < 4.78 is 1.13. The first-order valence-corrected chi connectivity index (χ1v) is 4.11. The molecule has 1 aromatic heterocycles. The summed E-state index contributed by atoms with van der Waals surface area (Å²) in [4.78, 5) is 4.06. The number of halogens is 2. The van der Waals surface area contributed by atoms with Crippen molar-refractivity contribution < 1.29 is 0 Å². The summed E-state index contributed by atoms with van der Waals surface area (Å²) in [5.74, 6) is 0.499. The van der Waals surface area contributed by atoms with E-state index in [1.54, 1.807) is 6.20 Å². The van der Waals surface area contributed by atoms with E-state index in [1.165, 1.54) is 0 Å². The van der Waals surface area contributed by atoms with Crippen LogP contribution in [0, 0.1) is 3.57 Å². The fourth-order valence-electron chi connectivity index (χ4n) is 0.517. The summed E-state index contributed by atoms with van der Waals surface area (Å²) in [7, 11) is 0. The average molecular weight is 253 g/mol. The zero-order valence-electron chi connectivity index (χ0n) is 4.64. The third-order valence-electron chi connectivity index (χ3n) is 0.961. The highest BCUT2D eigenvalue weighted by Crippen LogP contribution is 2.09. The largest absolute Gasteiger partial charge is 0.259 e. The summed E-state index contributed by atoms with van der Waals surface area (Å²) in [6.45, 7) is 0. The molecule has 0 atom stereocenters. The Balaban J connectivity index is 3.01. The molecule has 1 nitrogen and oxygen atoms in total. The van der Waals surface area contributed by atoms with Crippen LogP contribution in [0.1, 0.15) is 5.69 Å². The van der Waals surface area contributed by atoms with E-state index in [0.29, 0.717) is 5.88 Å². The lowest BCUT2D eigenvalue weighted by atomic mass is 10.4. The van der Waals surface area contributed by atoms with Gasteiger partial charge in [-0.1, -0.05) is 0 Å². The van der Waals surface area contributed by atoms with Crippen molar-refractivity contribution in [3.8, 4) is 0 Å². The minimum atomic E-state index is 0.499. The fraction of sp³-hybridized carbons (Fsp3) is 0.167. The zero-order chi connectivity index (χ0) is 6.69. The second-order valence-corrected chi connectivity index (χ2v) is 3.00. The summed E-state index contributed by atoms with van der Waals surface area (Å²) in [5.41, 5.74) is 0.958. The summed E-state index contributed by atoms with van der Waals surface area (Å²) in [5, 5.41) is 0. The maximum atomic E-state index is 5.56. The highest BCUT2D eigenvalue weighted by Gasteiger charge is 1.94. The molecule has 0 amide bonds. The van der Waals surface area contributed by atoms with Crippen molar-refractivity contribution >= 4 is 34.2 Å². The maximum absolute atomic E-state index is 5.56. The topological polar surface area (TPSA) is 12.9 Å². The first-order chi connectivity index (χ1) is 4.34. The normalized spacial score (nSPS) is 9.56. The lowest BCUT2D eigenvalue weighted by Gasteiger charge is -1.94. The predicted molar refractivity (Wildman–Crippen MR) is 46.5 cm³/mol. The molecule has 3 heteroatoms. The third kappa shape index (κ3) is 1.79. The summed E-state index contributed by atoms with van der Waals surface area (Å²) in [6, 6.07) is 3.89. The number of alkyl halides is 1. The van der Waals surface area contributed by atoms with Crippen LogP contribution in [0.15, 0.2) is 18.3 Å². The van der Waals surface area contributed by atoms with E-state index in [1.807, 2.05) is 12.1 Å². The van der Waals surface area contributed by atoms with Gasteiger partial charge in [0.25, 0.3) is 0 Å². The molecule has 0 N–H and O–H groups in total. The maximum Gasteiger partial charge on any atom is 0.0684 e. The Morgan fingerprint density at radius 1 is 1.67 bits per heavy atom. The van der Waals surface area contributed by atoms with Gasteiger partial charge < -0.3 is 0 Å². The predicted octanol–water partition coefficient (Wildman–Crippen LogP) is 2.43. The standard InChI is InChI=1S/C6H5ClIN/c7-4-6-5(8)2-1-3-9-6/h1-3H,4H2. The number of aromatic nitrogens is 1. The van der Waals surface area contributed by atoms with E-state index in [9.17, 15) is 0 Å². The van der Waals surface area contributed by atoms with Gasteiger partial charge in [0.15, 0.2) is 0 Å². The molecule has 48 valence electrons. The Bertz CT molecular complexity index is 202. The van der Waals surface area contributed by atoms with Crippen LogP contribution in [0.4, 0.5) is 0 Å². The monoisotopic (exact) mass is 253 g/mol. The van der Waals surface area contributed by atoms with E-state index in [0.717, 1.165) is 9.26 Å². The minimum Gasteiger partial charge on any atom is -0.259 e. The first-order valence-electron chi connectivity index (χ1n) is 2.50. The van der Waals surface area contributed by atoms with Crippen LogP contribution in [0.2, 0.25) is 0 Å². The molecule has 0 fully saturated rings. The highest BCUT2D eigenvalue weighted by molar-refractivity contribution is 14.1. The average Bonchev–Trinajstić information content (AvgIpc) is 1.89. The van der Waals surface area contributed by atoms with Crippen LogP contribution in [-0.4, -0.2) is 4.98 Å². The molecule has 1 rings (SSSR count). The Labute approximate surface area is 72.6 Å². The molecule has 0 saturated carbocycles. The van der Waals surface area contributed by atoms with Crippen molar-refractivity contribution in [2.45, 2.75) is 5.88 Å². The molecule has 9 heavy (non-hydrogen) atoms. The van der Waals surface area contributed by atoms with E-state index in [4.69, 9.17) is 11.6 Å². The molecular formula is C6H5ClIN. The van der Waals surface area contributed by atoms with Crippen LogP contribution in [0.3, 0.4) is 0 Å². The van der Waals surface area contributed by atoms with Gasteiger partial charge in [0.2, 0.25) is 0 Å². The second kappa shape index (κ2) is 3.37. The van der Waals surface area contributed by atoms with E-state index in [-0.39, 0.29) is 0 Å². The van der Waals surface area contributed by atoms with Crippen molar-refractivity contribution in [1.82, 2.24) is 4.98 Å². The third-order valence-corrected chi connectivity index (χ3v) is 2.20. The summed E-state index contributed by atoms with van der Waals surface area (Å²) >= 11 is 7.78. The van der Waals surface area contributed by atoms with Gasteiger partial charge in [-0.05, 0) is 34.7 Å². The van der Waals surface area contributed by atoms with Crippen molar-refractivity contribution in [3.63, 3.8) is 0 Å². The zero-order valence-corrected chi connectivity index (χ0v) is 7.56. The minimum absolute atomic E-state index is 0.499.